The highest BCUT2D eigenvalue weighted by molar-refractivity contribution is 9.10. The Bertz CT molecular complexity index is 545. The number of halogens is 2. The van der Waals surface area contributed by atoms with Gasteiger partial charge < -0.3 is 5.32 Å². The van der Waals surface area contributed by atoms with Gasteiger partial charge in [-0.3, -0.25) is 4.98 Å². The third kappa shape index (κ3) is 4.03. The number of aromatic nitrogens is 1. The molecule has 2 aromatic rings. The van der Waals surface area contributed by atoms with Gasteiger partial charge in [0.05, 0.1) is 11.7 Å². The first kappa shape index (κ1) is 14.5. The molecule has 0 aliphatic heterocycles. The van der Waals surface area contributed by atoms with Crippen LogP contribution in [-0.2, 0) is 6.42 Å². The van der Waals surface area contributed by atoms with E-state index in [0.717, 1.165) is 28.2 Å². The number of nitrogens with one attached hydrogen (secondary N) is 1. The van der Waals surface area contributed by atoms with Crippen molar-refractivity contribution in [2.75, 3.05) is 6.54 Å². The van der Waals surface area contributed by atoms with Gasteiger partial charge in [0.2, 0.25) is 0 Å². The number of nitrogens with zero attached hydrogens (tertiary/aromatic N) is 1. The van der Waals surface area contributed by atoms with Crippen LogP contribution in [0.2, 0.25) is 5.02 Å². The molecular weight excluding hydrogens is 324 g/mol. The predicted octanol–water partition coefficient (Wildman–Crippen LogP) is 4.39. The number of pyridine rings is 1. The SMILES string of the molecule is CCNC(Cc1cccc(Cl)c1)c1ncccc1Br. The van der Waals surface area contributed by atoms with Crippen molar-refractivity contribution in [3.8, 4) is 0 Å². The van der Waals surface area contributed by atoms with Gasteiger partial charge in [-0.15, -0.1) is 0 Å². The van der Waals surface area contributed by atoms with Crippen LogP contribution in [0.1, 0.15) is 24.2 Å². The summed E-state index contributed by atoms with van der Waals surface area (Å²) in [4.78, 5) is 4.47. The average Bonchev–Trinajstić information content (AvgIpc) is 2.39. The molecule has 4 heteroatoms. The molecule has 100 valence electrons. The van der Waals surface area contributed by atoms with Crippen molar-refractivity contribution in [3.05, 3.63) is 63.3 Å². The summed E-state index contributed by atoms with van der Waals surface area (Å²) in [6, 6.07) is 12.1. The predicted molar refractivity (Wildman–Crippen MR) is 83.5 cm³/mol. The Balaban J connectivity index is 2.24. The molecule has 1 unspecified atom stereocenters. The smallest absolute Gasteiger partial charge is 0.0718 e. The third-order valence-electron chi connectivity index (χ3n) is 2.90. The average molecular weight is 340 g/mol. The second kappa shape index (κ2) is 7.04. The maximum atomic E-state index is 6.04. The number of hydrogen-bond donors (Lipinski definition) is 1. The minimum absolute atomic E-state index is 0.180. The van der Waals surface area contributed by atoms with Crippen molar-refractivity contribution in [1.29, 1.82) is 0 Å². The Hall–Kier alpha value is -0.900. The topological polar surface area (TPSA) is 24.9 Å². The lowest BCUT2D eigenvalue weighted by molar-refractivity contribution is 0.534. The van der Waals surface area contributed by atoms with Crippen molar-refractivity contribution in [2.45, 2.75) is 19.4 Å². The zero-order valence-corrected chi connectivity index (χ0v) is 13.1. The standard InChI is InChI=1S/C15H16BrClN2/c1-2-18-14(15-13(16)7-4-8-19-15)10-11-5-3-6-12(17)9-11/h3-9,14,18H,2,10H2,1H3. The van der Waals surface area contributed by atoms with Crippen LogP contribution in [0, 0.1) is 0 Å². The zero-order chi connectivity index (χ0) is 13.7. The van der Waals surface area contributed by atoms with Crippen molar-refractivity contribution < 1.29 is 0 Å². The molecule has 0 fully saturated rings. The Kier molecular flexibility index (Phi) is 5.37. The molecule has 2 rings (SSSR count). The fourth-order valence-electron chi connectivity index (χ4n) is 2.07. The molecule has 19 heavy (non-hydrogen) atoms. The lowest BCUT2D eigenvalue weighted by Gasteiger charge is -2.18. The summed E-state index contributed by atoms with van der Waals surface area (Å²) in [5.74, 6) is 0. The summed E-state index contributed by atoms with van der Waals surface area (Å²) in [5.41, 5.74) is 2.24. The Labute approximate surface area is 127 Å². The number of rotatable bonds is 5. The molecule has 0 radical (unpaired) electrons. The van der Waals surface area contributed by atoms with Crippen molar-refractivity contribution in [2.24, 2.45) is 0 Å². The number of likely N-dealkylation sites (N-methyl/N-ethyl adjacent to an activating group) is 1. The summed E-state index contributed by atoms with van der Waals surface area (Å²) in [7, 11) is 0. The van der Waals surface area contributed by atoms with Crippen LogP contribution in [0.5, 0.6) is 0 Å². The van der Waals surface area contributed by atoms with Crippen LogP contribution in [0.4, 0.5) is 0 Å². The minimum Gasteiger partial charge on any atom is -0.309 e. The molecule has 0 saturated carbocycles. The molecule has 0 spiro atoms. The molecule has 1 aromatic heterocycles. The van der Waals surface area contributed by atoms with E-state index in [2.05, 4.69) is 39.2 Å². The van der Waals surface area contributed by atoms with Crippen molar-refractivity contribution >= 4 is 27.5 Å². The maximum Gasteiger partial charge on any atom is 0.0718 e. The number of hydrogen-bond acceptors (Lipinski definition) is 2. The first-order chi connectivity index (χ1) is 9.20. The highest BCUT2D eigenvalue weighted by atomic mass is 79.9. The van der Waals surface area contributed by atoms with E-state index in [0.29, 0.717) is 0 Å². The van der Waals surface area contributed by atoms with Crippen LogP contribution < -0.4 is 5.32 Å². The summed E-state index contributed by atoms with van der Waals surface area (Å²) < 4.78 is 1.03. The quantitative estimate of drug-likeness (QED) is 0.874. The van der Waals surface area contributed by atoms with E-state index in [1.165, 1.54) is 5.56 Å². The second-order valence-electron chi connectivity index (χ2n) is 4.31. The first-order valence-electron chi connectivity index (χ1n) is 6.29. The molecule has 0 saturated heterocycles. The fourth-order valence-corrected chi connectivity index (χ4v) is 2.81. The highest BCUT2D eigenvalue weighted by Crippen LogP contribution is 2.24. The molecular formula is C15H16BrClN2. The Morgan fingerprint density at radius 1 is 1.32 bits per heavy atom. The van der Waals surface area contributed by atoms with E-state index in [1.54, 1.807) is 0 Å². The summed E-state index contributed by atoms with van der Waals surface area (Å²) in [5, 5.41) is 4.24. The normalized spacial score (nSPS) is 12.4. The van der Waals surface area contributed by atoms with Gasteiger partial charge in [-0.1, -0.05) is 30.7 Å². The van der Waals surface area contributed by atoms with E-state index in [1.807, 2.05) is 36.5 Å². The highest BCUT2D eigenvalue weighted by Gasteiger charge is 2.15. The minimum atomic E-state index is 0.180. The summed E-state index contributed by atoms with van der Waals surface area (Å²) >= 11 is 9.60. The maximum absolute atomic E-state index is 6.04. The zero-order valence-electron chi connectivity index (χ0n) is 10.7. The molecule has 0 aliphatic rings. The molecule has 1 aromatic carbocycles. The van der Waals surface area contributed by atoms with Gasteiger partial charge in [0.25, 0.3) is 0 Å². The Morgan fingerprint density at radius 2 is 2.16 bits per heavy atom. The lowest BCUT2D eigenvalue weighted by Crippen LogP contribution is -2.24. The molecule has 0 amide bonds. The van der Waals surface area contributed by atoms with Crippen LogP contribution in [0.3, 0.4) is 0 Å². The molecule has 2 nitrogen and oxygen atoms in total. The van der Waals surface area contributed by atoms with Crippen LogP contribution in [0.25, 0.3) is 0 Å². The van der Waals surface area contributed by atoms with Gasteiger partial charge in [-0.2, -0.15) is 0 Å². The summed E-state index contributed by atoms with van der Waals surface area (Å²) in [6.45, 7) is 3.00. The van der Waals surface area contributed by atoms with Gasteiger partial charge in [-0.05, 0) is 58.7 Å². The van der Waals surface area contributed by atoms with E-state index in [-0.39, 0.29) is 6.04 Å². The second-order valence-corrected chi connectivity index (χ2v) is 5.61. The van der Waals surface area contributed by atoms with Gasteiger partial charge in [-0.25, -0.2) is 0 Å². The molecule has 1 N–H and O–H groups in total. The van der Waals surface area contributed by atoms with Gasteiger partial charge >= 0.3 is 0 Å². The van der Waals surface area contributed by atoms with Gasteiger partial charge in [0, 0.05) is 15.7 Å². The fraction of sp³-hybridized carbons (Fsp3) is 0.267. The van der Waals surface area contributed by atoms with Gasteiger partial charge in [0.15, 0.2) is 0 Å². The van der Waals surface area contributed by atoms with E-state index < -0.39 is 0 Å². The first-order valence-corrected chi connectivity index (χ1v) is 7.46. The largest absolute Gasteiger partial charge is 0.309 e. The van der Waals surface area contributed by atoms with Crippen molar-refractivity contribution in [1.82, 2.24) is 10.3 Å². The molecule has 1 atom stereocenters. The molecule has 1 heterocycles. The van der Waals surface area contributed by atoms with E-state index >= 15 is 0 Å². The van der Waals surface area contributed by atoms with Crippen molar-refractivity contribution in [3.63, 3.8) is 0 Å². The third-order valence-corrected chi connectivity index (χ3v) is 3.80. The van der Waals surface area contributed by atoms with Gasteiger partial charge in [0.1, 0.15) is 0 Å². The van der Waals surface area contributed by atoms with Crippen LogP contribution in [-0.4, -0.2) is 11.5 Å². The lowest BCUT2D eigenvalue weighted by atomic mass is 10.0. The molecule has 0 bridgehead atoms. The molecule has 0 aliphatic carbocycles. The number of benzene rings is 1. The Morgan fingerprint density at radius 3 is 2.84 bits per heavy atom. The van der Waals surface area contributed by atoms with Crippen LogP contribution in [0.15, 0.2) is 47.1 Å². The monoisotopic (exact) mass is 338 g/mol. The van der Waals surface area contributed by atoms with Crippen LogP contribution >= 0.6 is 27.5 Å². The summed E-state index contributed by atoms with van der Waals surface area (Å²) in [6.07, 6.45) is 2.69. The van der Waals surface area contributed by atoms with E-state index in [9.17, 15) is 0 Å². The van der Waals surface area contributed by atoms with E-state index in [4.69, 9.17) is 11.6 Å².